The molecule has 0 saturated heterocycles. The van der Waals surface area contributed by atoms with Gasteiger partial charge in [0.1, 0.15) is 17.7 Å². The van der Waals surface area contributed by atoms with E-state index < -0.39 is 30.1 Å². The minimum atomic E-state index is -0.975. The lowest BCUT2D eigenvalue weighted by molar-refractivity contribution is -0.125. The molecule has 1 N–H and O–H groups in total. The largest absolute Gasteiger partial charge is 0.350 e. The van der Waals surface area contributed by atoms with Crippen LogP contribution in [-0.4, -0.2) is 16.7 Å². The number of rotatable bonds is 6. The average molecular weight is 494 g/mol. The molecule has 0 saturated carbocycles. The quantitative estimate of drug-likeness (QED) is 0.385. The molecule has 5 nitrogen and oxygen atoms in total. The Bertz CT molecular complexity index is 1520. The number of nitrogens with one attached hydrogen (secondary N) is 1. The van der Waals surface area contributed by atoms with E-state index >= 15 is 0 Å². The van der Waals surface area contributed by atoms with Gasteiger partial charge in [-0.2, -0.15) is 5.26 Å². The van der Waals surface area contributed by atoms with E-state index in [9.17, 15) is 18.4 Å². The zero-order valence-electron chi connectivity index (χ0n) is 19.6. The molecular formula is C30H21F2N3O2. The Balaban J connectivity index is 1.46. The lowest BCUT2D eigenvalue weighted by Crippen LogP contribution is -2.38. The van der Waals surface area contributed by atoms with Gasteiger partial charge >= 0.3 is 0 Å². The normalized spacial score (nSPS) is 14.2. The first kappa shape index (κ1) is 23.9. The molecule has 4 aromatic rings. The van der Waals surface area contributed by atoms with Gasteiger partial charge in [0.25, 0.3) is 5.91 Å². The fourth-order valence-corrected chi connectivity index (χ4v) is 4.67. The summed E-state index contributed by atoms with van der Waals surface area (Å²) in [5.74, 6) is -2.70. The van der Waals surface area contributed by atoms with Gasteiger partial charge in [-0.05, 0) is 40.5 Å². The van der Waals surface area contributed by atoms with Crippen molar-refractivity contribution in [3.8, 4) is 17.2 Å². The Morgan fingerprint density at radius 1 is 0.892 bits per heavy atom. The number of nitriles is 1. The highest BCUT2D eigenvalue weighted by molar-refractivity contribution is 6.04. The lowest BCUT2D eigenvalue weighted by atomic mass is 9.99. The molecule has 5 rings (SSSR count). The lowest BCUT2D eigenvalue weighted by Gasteiger charge is -2.26. The summed E-state index contributed by atoms with van der Waals surface area (Å²) in [6.07, 6.45) is 0. The van der Waals surface area contributed by atoms with E-state index in [1.54, 1.807) is 30.3 Å². The van der Waals surface area contributed by atoms with Crippen LogP contribution in [0.3, 0.4) is 0 Å². The van der Waals surface area contributed by atoms with Gasteiger partial charge in [0.2, 0.25) is 5.91 Å². The first-order valence-corrected chi connectivity index (χ1v) is 11.7. The van der Waals surface area contributed by atoms with E-state index in [1.165, 1.54) is 4.90 Å². The van der Waals surface area contributed by atoms with E-state index in [4.69, 9.17) is 5.26 Å². The number of amides is 2. The molecule has 1 aliphatic heterocycles. The Morgan fingerprint density at radius 2 is 1.51 bits per heavy atom. The van der Waals surface area contributed by atoms with Crippen molar-refractivity contribution < 1.29 is 18.4 Å². The standard InChI is InChI=1S/C30H21F2N3O2/c31-26-14-19(16-33)15-27(32)25(26)17-34-29(36)28-23-12-6-7-13-24(23)30(37)35(28)18-21-10-4-5-11-22(21)20-8-2-1-3-9-20/h1-15,28H,17-18H2,(H,34,36). The summed E-state index contributed by atoms with van der Waals surface area (Å²) >= 11 is 0. The topological polar surface area (TPSA) is 73.2 Å². The highest BCUT2D eigenvalue weighted by Crippen LogP contribution is 2.36. The van der Waals surface area contributed by atoms with Crippen LogP contribution in [0.4, 0.5) is 8.78 Å². The maximum Gasteiger partial charge on any atom is 0.255 e. The van der Waals surface area contributed by atoms with Crippen LogP contribution in [0.1, 0.15) is 38.7 Å². The van der Waals surface area contributed by atoms with Crippen molar-refractivity contribution in [1.29, 1.82) is 5.26 Å². The van der Waals surface area contributed by atoms with Gasteiger partial charge in [-0.1, -0.05) is 72.8 Å². The second-order valence-corrected chi connectivity index (χ2v) is 8.69. The third kappa shape index (κ3) is 4.57. The molecule has 0 spiro atoms. The van der Waals surface area contributed by atoms with Gasteiger partial charge in [0.05, 0.1) is 11.6 Å². The van der Waals surface area contributed by atoms with Crippen LogP contribution in [0, 0.1) is 23.0 Å². The number of nitrogens with zero attached hydrogens (tertiary/aromatic N) is 2. The molecule has 4 aromatic carbocycles. The molecule has 0 aliphatic carbocycles. The van der Waals surface area contributed by atoms with Crippen LogP contribution in [0.15, 0.2) is 91.0 Å². The molecule has 1 aliphatic rings. The summed E-state index contributed by atoms with van der Waals surface area (Å²) in [5.41, 5.74) is 3.22. The van der Waals surface area contributed by atoms with Crippen molar-refractivity contribution in [2.45, 2.75) is 19.1 Å². The molecule has 2 amide bonds. The number of carbonyl (C=O) groups is 2. The third-order valence-electron chi connectivity index (χ3n) is 6.46. The van der Waals surface area contributed by atoms with Gasteiger partial charge in [-0.15, -0.1) is 0 Å². The molecule has 0 aromatic heterocycles. The van der Waals surface area contributed by atoms with E-state index in [0.717, 1.165) is 28.8 Å². The third-order valence-corrected chi connectivity index (χ3v) is 6.46. The zero-order valence-corrected chi connectivity index (χ0v) is 19.6. The van der Waals surface area contributed by atoms with Gasteiger partial charge < -0.3 is 10.2 Å². The predicted molar refractivity (Wildman–Crippen MR) is 134 cm³/mol. The second-order valence-electron chi connectivity index (χ2n) is 8.69. The summed E-state index contributed by atoms with van der Waals surface area (Å²) in [5, 5.41) is 11.5. The molecule has 37 heavy (non-hydrogen) atoms. The molecule has 0 radical (unpaired) electrons. The van der Waals surface area contributed by atoms with E-state index in [0.29, 0.717) is 11.1 Å². The summed E-state index contributed by atoms with van der Waals surface area (Å²) in [6, 6.07) is 26.8. The first-order valence-electron chi connectivity index (χ1n) is 11.7. The van der Waals surface area contributed by atoms with Crippen LogP contribution >= 0.6 is 0 Å². The van der Waals surface area contributed by atoms with Crippen molar-refractivity contribution in [1.82, 2.24) is 10.2 Å². The Labute approximate surface area is 212 Å². The van der Waals surface area contributed by atoms with Gasteiger partial charge in [-0.3, -0.25) is 9.59 Å². The first-order chi connectivity index (χ1) is 18.0. The molecule has 1 heterocycles. The van der Waals surface area contributed by atoms with Gasteiger partial charge in [0, 0.05) is 24.2 Å². The van der Waals surface area contributed by atoms with Crippen molar-refractivity contribution in [2.24, 2.45) is 0 Å². The van der Waals surface area contributed by atoms with Crippen LogP contribution < -0.4 is 5.32 Å². The van der Waals surface area contributed by atoms with Crippen molar-refractivity contribution in [3.63, 3.8) is 0 Å². The number of hydrogen-bond acceptors (Lipinski definition) is 3. The van der Waals surface area contributed by atoms with Gasteiger partial charge in [-0.25, -0.2) is 8.78 Å². The van der Waals surface area contributed by atoms with Crippen LogP contribution in [0.5, 0.6) is 0 Å². The molecular weight excluding hydrogens is 472 g/mol. The fourth-order valence-electron chi connectivity index (χ4n) is 4.67. The molecule has 1 unspecified atom stereocenters. The zero-order chi connectivity index (χ0) is 25.9. The predicted octanol–water partition coefficient (Wildman–Crippen LogP) is 5.52. The Hall–Kier alpha value is -4.83. The van der Waals surface area contributed by atoms with Crippen molar-refractivity contribution >= 4 is 11.8 Å². The van der Waals surface area contributed by atoms with E-state index in [-0.39, 0.29) is 23.6 Å². The van der Waals surface area contributed by atoms with Crippen LogP contribution in [-0.2, 0) is 17.9 Å². The van der Waals surface area contributed by atoms with Crippen molar-refractivity contribution in [2.75, 3.05) is 0 Å². The average Bonchev–Trinajstić information content (AvgIpc) is 3.20. The fraction of sp³-hybridized carbons (Fsp3) is 0.100. The number of benzene rings is 4. The smallest absolute Gasteiger partial charge is 0.255 e. The maximum absolute atomic E-state index is 14.4. The maximum atomic E-state index is 14.4. The highest BCUT2D eigenvalue weighted by Gasteiger charge is 2.41. The molecule has 0 fully saturated rings. The summed E-state index contributed by atoms with van der Waals surface area (Å²) in [4.78, 5) is 28.3. The Kier molecular flexibility index (Phi) is 6.48. The highest BCUT2D eigenvalue weighted by atomic mass is 19.1. The summed E-state index contributed by atoms with van der Waals surface area (Å²) in [6.45, 7) is -0.264. The van der Waals surface area contributed by atoms with E-state index in [1.807, 2.05) is 54.6 Å². The number of hydrogen-bond donors (Lipinski definition) is 1. The summed E-state index contributed by atoms with van der Waals surface area (Å²) < 4.78 is 28.8. The summed E-state index contributed by atoms with van der Waals surface area (Å²) in [7, 11) is 0. The molecule has 182 valence electrons. The van der Waals surface area contributed by atoms with E-state index in [2.05, 4.69) is 5.32 Å². The monoisotopic (exact) mass is 493 g/mol. The van der Waals surface area contributed by atoms with Crippen LogP contribution in [0.25, 0.3) is 11.1 Å². The number of carbonyl (C=O) groups excluding carboxylic acids is 2. The SMILES string of the molecule is N#Cc1cc(F)c(CNC(=O)C2c3ccccc3C(=O)N2Cc2ccccc2-c2ccccc2)c(F)c1. The number of halogens is 2. The molecule has 7 heteroatoms. The van der Waals surface area contributed by atoms with Crippen LogP contribution in [0.2, 0.25) is 0 Å². The molecule has 0 bridgehead atoms. The second kappa shape index (κ2) is 10.0. The number of fused-ring (bicyclic) bond motifs is 1. The molecule has 1 atom stereocenters. The van der Waals surface area contributed by atoms with Gasteiger partial charge in [0.15, 0.2) is 0 Å². The minimum Gasteiger partial charge on any atom is -0.350 e. The Morgan fingerprint density at radius 3 is 2.22 bits per heavy atom. The van der Waals surface area contributed by atoms with Crippen molar-refractivity contribution in [3.05, 3.63) is 130 Å². The minimum absolute atomic E-state index is 0.149.